The Morgan fingerprint density at radius 2 is 1.83 bits per heavy atom. The molecular weight excluding hydrogens is 311 g/mol. The van der Waals surface area contributed by atoms with Crippen LogP contribution in [0.2, 0.25) is 0 Å². The van der Waals surface area contributed by atoms with Crippen LogP contribution in [-0.2, 0) is 6.61 Å². The largest absolute Gasteiger partial charge is 0.493 e. The molecule has 6 heteroatoms. The van der Waals surface area contributed by atoms with Gasteiger partial charge in [-0.25, -0.2) is 9.07 Å². The van der Waals surface area contributed by atoms with E-state index in [0.29, 0.717) is 22.7 Å². The van der Waals surface area contributed by atoms with Crippen LogP contribution < -0.4 is 9.47 Å². The molecule has 1 heterocycles. The van der Waals surface area contributed by atoms with E-state index in [-0.39, 0.29) is 6.61 Å². The summed E-state index contributed by atoms with van der Waals surface area (Å²) in [4.78, 5) is 0. The molecule has 0 amide bonds. The summed E-state index contributed by atoms with van der Waals surface area (Å²) in [6.07, 6.45) is 1.76. The maximum Gasteiger partial charge on any atom is 0.161 e. The fourth-order valence-electron chi connectivity index (χ4n) is 2.51. The van der Waals surface area contributed by atoms with Gasteiger partial charge in [-0.1, -0.05) is 0 Å². The van der Waals surface area contributed by atoms with Gasteiger partial charge in [-0.05, 0) is 42.5 Å². The van der Waals surface area contributed by atoms with Crippen molar-refractivity contribution in [3.63, 3.8) is 0 Å². The Morgan fingerprint density at radius 1 is 1.04 bits per heavy atom. The number of aromatic nitrogens is 2. The van der Waals surface area contributed by atoms with Gasteiger partial charge in [-0.15, -0.1) is 0 Å². The molecule has 0 unspecified atom stereocenters. The van der Waals surface area contributed by atoms with Crippen LogP contribution in [0, 0.1) is 5.82 Å². The highest BCUT2D eigenvalue weighted by Crippen LogP contribution is 2.32. The topological polar surface area (TPSA) is 56.5 Å². The summed E-state index contributed by atoms with van der Waals surface area (Å²) in [7, 11) is 3.16. The number of benzene rings is 2. The lowest BCUT2D eigenvalue weighted by Gasteiger charge is -2.09. The van der Waals surface area contributed by atoms with E-state index in [1.807, 2.05) is 24.3 Å². The van der Waals surface area contributed by atoms with Crippen molar-refractivity contribution in [1.29, 1.82) is 0 Å². The van der Waals surface area contributed by atoms with Crippen LogP contribution in [0.4, 0.5) is 4.39 Å². The van der Waals surface area contributed by atoms with Crippen molar-refractivity contribution >= 4 is 0 Å². The molecule has 124 valence electrons. The maximum atomic E-state index is 13.3. The van der Waals surface area contributed by atoms with Crippen molar-refractivity contribution in [3.8, 4) is 28.4 Å². The van der Waals surface area contributed by atoms with Gasteiger partial charge in [0.15, 0.2) is 11.5 Å². The molecule has 1 aromatic heterocycles. The Balaban J connectivity index is 2.00. The lowest BCUT2D eigenvalue weighted by Crippen LogP contribution is -2.01. The Hall–Kier alpha value is -2.86. The zero-order valence-corrected chi connectivity index (χ0v) is 13.4. The summed E-state index contributed by atoms with van der Waals surface area (Å²) in [6, 6.07) is 11.6. The van der Waals surface area contributed by atoms with Crippen LogP contribution in [0.5, 0.6) is 11.5 Å². The van der Waals surface area contributed by atoms with Crippen LogP contribution >= 0.6 is 0 Å². The Kier molecular flexibility index (Phi) is 4.48. The lowest BCUT2D eigenvalue weighted by atomic mass is 10.1. The molecule has 0 fully saturated rings. The summed E-state index contributed by atoms with van der Waals surface area (Å²) >= 11 is 0. The highest BCUT2D eigenvalue weighted by atomic mass is 19.1. The fraction of sp³-hybridized carbons (Fsp3) is 0.167. The zero-order chi connectivity index (χ0) is 17.1. The first-order valence-electron chi connectivity index (χ1n) is 7.34. The second kappa shape index (κ2) is 6.72. The third-order valence-electron chi connectivity index (χ3n) is 3.73. The number of rotatable bonds is 5. The van der Waals surface area contributed by atoms with Gasteiger partial charge in [0.1, 0.15) is 5.82 Å². The van der Waals surface area contributed by atoms with E-state index in [9.17, 15) is 9.50 Å². The van der Waals surface area contributed by atoms with Gasteiger partial charge in [0.25, 0.3) is 0 Å². The smallest absolute Gasteiger partial charge is 0.161 e. The summed E-state index contributed by atoms with van der Waals surface area (Å²) in [5.41, 5.74) is 2.69. The predicted molar refractivity (Wildman–Crippen MR) is 88.0 cm³/mol. The number of aliphatic hydroxyl groups excluding tert-OH is 1. The van der Waals surface area contributed by atoms with Crippen molar-refractivity contribution in [2.75, 3.05) is 14.2 Å². The minimum atomic E-state index is -0.393. The van der Waals surface area contributed by atoms with Crippen molar-refractivity contribution in [1.82, 2.24) is 9.78 Å². The molecule has 0 aliphatic heterocycles. The molecule has 0 spiro atoms. The van der Waals surface area contributed by atoms with E-state index in [4.69, 9.17) is 9.47 Å². The van der Waals surface area contributed by atoms with E-state index in [1.165, 1.54) is 12.1 Å². The minimum absolute atomic E-state index is 0.265. The van der Waals surface area contributed by atoms with Gasteiger partial charge in [-0.3, -0.25) is 0 Å². The SMILES string of the molecule is COc1ccc(-c2ccn(-c3ccc(F)cc3CO)n2)cc1OC. The van der Waals surface area contributed by atoms with Crippen LogP contribution in [0.15, 0.2) is 48.7 Å². The Labute approximate surface area is 138 Å². The van der Waals surface area contributed by atoms with Crippen LogP contribution in [0.3, 0.4) is 0 Å². The molecule has 0 radical (unpaired) electrons. The van der Waals surface area contributed by atoms with Crippen LogP contribution in [0.25, 0.3) is 16.9 Å². The standard InChI is InChI=1S/C18H17FN2O3/c1-23-17-6-3-12(10-18(17)24-2)15-7-8-21(20-15)16-5-4-14(19)9-13(16)11-22/h3-10,22H,11H2,1-2H3. The summed E-state index contributed by atoms with van der Waals surface area (Å²) in [6.45, 7) is -0.265. The molecule has 24 heavy (non-hydrogen) atoms. The average molecular weight is 328 g/mol. The molecule has 1 N–H and O–H groups in total. The molecule has 0 atom stereocenters. The van der Waals surface area contributed by atoms with Gasteiger partial charge in [0.2, 0.25) is 0 Å². The molecule has 2 aromatic carbocycles. The third kappa shape index (κ3) is 2.96. The second-order valence-corrected chi connectivity index (χ2v) is 5.15. The van der Waals surface area contributed by atoms with Gasteiger partial charge >= 0.3 is 0 Å². The third-order valence-corrected chi connectivity index (χ3v) is 3.73. The van der Waals surface area contributed by atoms with Crippen molar-refractivity contribution in [3.05, 3.63) is 60.0 Å². The average Bonchev–Trinajstić information content (AvgIpc) is 3.10. The first-order chi connectivity index (χ1) is 11.7. The van der Waals surface area contributed by atoms with E-state index in [1.54, 1.807) is 31.2 Å². The van der Waals surface area contributed by atoms with Crippen molar-refractivity contribution in [2.24, 2.45) is 0 Å². The summed E-state index contributed by atoms with van der Waals surface area (Å²) < 4.78 is 25.5. The first kappa shape index (κ1) is 16.0. The van der Waals surface area contributed by atoms with E-state index < -0.39 is 5.82 Å². The van der Waals surface area contributed by atoms with Crippen molar-refractivity contribution in [2.45, 2.75) is 6.61 Å². The molecule has 5 nitrogen and oxygen atoms in total. The highest BCUT2D eigenvalue weighted by molar-refractivity contribution is 5.64. The van der Waals surface area contributed by atoms with Crippen LogP contribution in [0.1, 0.15) is 5.56 Å². The normalized spacial score (nSPS) is 10.7. The lowest BCUT2D eigenvalue weighted by molar-refractivity contribution is 0.280. The first-order valence-corrected chi connectivity index (χ1v) is 7.34. The molecule has 3 rings (SSSR count). The molecule has 0 saturated carbocycles. The molecular formula is C18H17FN2O3. The number of ether oxygens (including phenoxy) is 2. The molecule has 3 aromatic rings. The molecule has 0 aliphatic carbocycles. The van der Waals surface area contributed by atoms with Gasteiger partial charge < -0.3 is 14.6 Å². The Bertz CT molecular complexity index is 861. The monoisotopic (exact) mass is 328 g/mol. The number of aliphatic hydroxyl groups is 1. The predicted octanol–water partition coefficient (Wildman–Crippen LogP) is 3.19. The summed E-state index contributed by atoms with van der Waals surface area (Å²) in [5, 5.41) is 13.9. The zero-order valence-electron chi connectivity index (χ0n) is 13.4. The highest BCUT2D eigenvalue weighted by Gasteiger charge is 2.11. The van der Waals surface area contributed by atoms with Crippen LogP contribution in [-0.4, -0.2) is 29.1 Å². The van der Waals surface area contributed by atoms with Crippen molar-refractivity contribution < 1.29 is 19.0 Å². The molecule has 0 bridgehead atoms. The summed E-state index contributed by atoms with van der Waals surface area (Å²) in [5.74, 6) is 0.860. The number of hydrogen-bond donors (Lipinski definition) is 1. The Morgan fingerprint density at radius 3 is 2.54 bits per heavy atom. The fourth-order valence-corrected chi connectivity index (χ4v) is 2.51. The minimum Gasteiger partial charge on any atom is -0.493 e. The number of halogens is 1. The maximum absolute atomic E-state index is 13.3. The van der Waals surface area contributed by atoms with Gasteiger partial charge in [0, 0.05) is 17.3 Å². The number of nitrogens with zero attached hydrogens (tertiary/aromatic N) is 2. The number of hydrogen-bond acceptors (Lipinski definition) is 4. The van der Waals surface area contributed by atoms with Gasteiger partial charge in [-0.2, -0.15) is 5.10 Å². The van der Waals surface area contributed by atoms with Gasteiger partial charge in [0.05, 0.1) is 32.2 Å². The molecule has 0 aliphatic rings. The van der Waals surface area contributed by atoms with E-state index >= 15 is 0 Å². The van der Waals surface area contributed by atoms with E-state index in [0.717, 1.165) is 11.3 Å². The number of methoxy groups -OCH3 is 2. The molecule has 0 saturated heterocycles. The second-order valence-electron chi connectivity index (χ2n) is 5.15. The quantitative estimate of drug-likeness (QED) is 0.781. The van der Waals surface area contributed by atoms with E-state index in [2.05, 4.69) is 5.10 Å².